The Hall–Kier alpha value is -2.22. The van der Waals surface area contributed by atoms with Crippen LogP contribution in [0.1, 0.15) is 19.3 Å². The fourth-order valence-electron chi connectivity index (χ4n) is 3.12. The third kappa shape index (κ3) is 2.63. The highest BCUT2D eigenvalue weighted by Crippen LogP contribution is 2.23. The second kappa shape index (κ2) is 5.77. The molecule has 0 spiro atoms. The molecular formula is C15H20N6O2. The van der Waals surface area contributed by atoms with E-state index in [2.05, 4.69) is 20.2 Å². The number of nitrogens with zero attached hydrogens (tertiary/aromatic N) is 6. The minimum atomic E-state index is -0.255. The van der Waals surface area contributed by atoms with Gasteiger partial charge in [-0.25, -0.2) is 0 Å². The van der Waals surface area contributed by atoms with Gasteiger partial charge in [0.2, 0.25) is 0 Å². The summed E-state index contributed by atoms with van der Waals surface area (Å²) in [5, 5.41) is 12.3. The number of carbonyl (C=O) groups excluding carboxylic acids is 1. The first-order chi connectivity index (χ1) is 11.2. The van der Waals surface area contributed by atoms with Crippen LogP contribution in [0.25, 0.3) is 5.65 Å². The molecule has 8 nitrogen and oxygen atoms in total. The van der Waals surface area contributed by atoms with E-state index in [0.717, 1.165) is 43.8 Å². The summed E-state index contributed by atoms with van der Waals surface area (Å²) in [4.78, 5) is 16.4. The normalized spacial score (nSPS) is 22.1. The summed E-state index contributed by atoms with van der Waals surface area (Å²) in [6, 6.07) is 4.05. The molecule has 0 aromatic carbocycles. The Labute approximate surface area is 134 Å². The molecule has 0 bridgehead atoms. The third-order valence-electron chi connectivity index (χ3n) is 4.68. The van der Waals surface area contributed by atoms with Crippen LogP contribution in [-0.4, -0.2) is 69.5 Å². The number of aromatic nitrogens is 4. The van der Waals surface area contributed by atoms with Gasteiger partial charge in [-0.3, -0.25) is 4.79 Å². The predicted octanol–water partition coefficient (Wildman–Crippen LogP) is 0.340. The van der Waals surface area contributed by atoms with Crippen LogP contribution in [-0.2, 0) is 9.53 Å². The molecule has 2 aromatic rings. The van der Waals surface area contributed by atoms with Crippen LogP contribution in [0.5, 0.6) is 0 Å². The van der Waals surface area contributed by atoms with Crippen molar-refractivity contribution in [1.82, 2.24) is 24.7 Å². The summed E-state index contributed by atoms with van der Waals surface area (Å²) in [5.74, 6) is 0.986. The first kappa shape index (κ1) is 14.4. The number of carbonyl (C=O) groups is 1. The lowest BCUT2D eigenvalue weighted by molar-refractivity contribution is -0.147. The number of fused-ring (bicyclic) bond motifs is 1. The van der Waals surface area contributed by atoms with E-state index in [9.17, 15) is 4.79 Å². The Morgan fingerprint density at radius 1 is 1.35 bits per heavy atom. The zero-order valence-corrected chi connectivity index (χ0v) is 13.1. The van der Waals surface area contributed by atoms with Gasteiger partial charge in [0.1, 0.15) is 18.2 Å². The maximum absolute atomic E-state index is 12.5. The molecule has 8 heteroatoms. The van der Waals surface area contributed by atoms with Crippen molar-refractivity contribution in [2.24, 2.45) is 0 Å². The lowest BCUT2D eigenvalue weighted by atomic mass is 10.0. The molecule has 122 valence electrons. The number of hydrogen-bond acceptors (Lipinski definition) is 6. The van der Waals surface area contributed by atoms with Gasteiger partial charge < -0.3 is 14.5 Å². The van der Waals surface area contributed by atoms with Crippen LogP contribution in [0.2, 0.25) is 0 Å². The zero-order valence-electron chi connectivity index (χ0n) is 13.1. The van der Waals surface area contributed by atoms with Crippen LogP contribution < -0.4 is 4.90 Å². The fraction of sp³-hybridized carbons (Fsp3) is 0.600. The lowest BCUT2D eigenvalue weighted by Gasteiger charge is -2.45. The van der Waals surface area contributed by atoms with Crippen molar-refractivity contribution in [3.8, 4) is 0 Å². The molecule has 0 radical (unpaired) electrons. The predicted molar refractivity (Wildman–Crippen MR) is 83.1 cm³/mol. The molecule has 0 N–H and O–H groups in total. The van der Waals surface area contributed by atoms with Gasteiger partial charge in [0, 0.05) is 26.7 Å². The first-order valence-corrected chi connectivity index (χ1v) is 8.02. The Kier molecular flexibility index (Phi) is 3.60. The summed E-state index contributed by atoms with van der Waals surface area (Å²) >= 11 is 0. The van der Waals surface area contributed by atoms with E-state index < -0.39 is 0 Å². The summed E-state index contributed by atoms with van der Waals surface area (Å²) in [7, 11) is 1.87. The van der Waals surface area contributed by atoms with Gasteiger partial charge in [-0.05, 0) is 31.4 Å². The van der Waals surface area contributed by atoms with Gasteiger partial charge in [0.25, 0.3) is 5.91 Å². The standard InChI is InChI=1S/C15H20N6O2/c1-19(15(22)12-4-2-3-7-23-12)11-8-20(9-11)14-6-5-13-17-16-10-21(13)18-14/h5-6,10-12H,2-4,7-9H2,1H3. The van der Waals surface area contributed by atoms with E-state index in [1.54, 1.807) is 10.8 Å². The maximum Gasteiger partial charge on any atom is 0.251 e. The number of rotatable bonds is 3. The van der Waals surface area contributed by atoms with Gasteiger partial charge in [-0.15, -0.1) is 15.3 Å². The number of ether oxygens (including phenoxy) is 1. The second-order valence-corrected chi connectivity index (χ2v) is 6.19. The van der Waals surface area contributed by atoms with Crippen LogP contribution in [0, 0.1) is 0 Å². The van der Waals surface area contributed by atoms with Gasteiger partial charge in [-0.1, -0.05) is 0 Å². The molecule has 4 heterocycles. The van der Waals surface area contributed by atoms with Crippen molar-refractivity contribution in [1.29, 1.82) is 0 Å². The largest absolute Gasteiger partial charge is 0.368 e. The van der Waals surface area contributed by atoms with E-state index in [0.29, 0.717) is 6.61 Å². The molecule has 2 aliphatic heterocycles. The summed E-state index contributed by atoms with van der Waals surface area (Å²) in [6.45, 7) is 2.27. The quantitative estimate of drug-likeness (QED) is 0.813. The minimum absolute atomic E-state index is 0.108. The number of amides is 1. The minimum Gasteiger partial charge on any atom is -0.368 e. The molecule has 4 rings (SSSR count). The molecule has 0 saturated carbocycles. The summed E-state index contributed by atoms with van der Waals surface area (Å²) < 4.78 is 7.26. The van der Waals surface area contributed by atoms with E-state index >= 15 is 0 Å². The van der Waals surface area contributed by atoms with Crippen molar-refractivity contribution in [3.05, 3.63) is 18.5 Å². The Bertz CT molecular complexity index is 705. The fourth-order valence-corrected chi connectivity index (χ4v) is 3.12. The molecule has 1 atom stereocenters. The van der Waals surface area contributed by atoms with Gasteiger partial charge in [-0.2, -0.15) is 4.52 Å². The van der Waals surface area contributed by atoms with Crippen molar-refractivity contribution in [2.45, 2.75) is 31.4 Å². The van der Waals surface area contributed by atoms with Crippen LogP contribution in [0.3, 0.4) is 0 Å². The van der Waals surface area contributed by atoms with E-state index in [1.807, 2.05) is 24.1 Å². The molecule has 2 saturated heterocycles. The summed E-state index contributed by atoms with van der Waals surface area (Å²) in [5.41, 5.74) is 0.729. The Morgan fingerprint density at radius 3 is 3.00 bits per heavy atom. The van der Waals surface area contributed by atoms with Crippen molar-refractivity contribution in [3.63, 3.8) is 0 Å². The Balaban J connectivity index is 1.37. The third-order valence-corrected chi connectivity index (χ3v) is 4.68. The molecular weight excluding hydrogens is 296 g/mol. The number of hydrogen-bond donors (Lipinski definition) is 0. The molecule has 2 aliphatic rings. The zero-order chi connectivity index (χ0) is 15.8. The van der Waals surface area contributed by atoms with Crippen LogP contribution in [0.4, 0.5) is 5.82 Å². The van der Waals surface area contributed by atoms with Crippen molar-refractivity contribution >= 4 is 17.4 Å². The second-order valence-electron chi connectivity index (χ2n) is 6.19. The van der Waals surface area contributed by atoms with Crippen molar-refractivity contribution in [2.75, 3.05) is 31.6 Å². The van der Waals surface area contributed by atoms with Crippen molar-refractivity contribution < 1.29 is 9.53 Å². The maximum atomic E-state index is 12.5. The van der Waals surface area contributed by atoms with Gasteiger partial charge >= 0.3 is 0 Å². The van der Waals surface area contributed by atoms with E-state index in [1.165, 1.54) is 0 Å². The van der Waals surface area contributed by atoms with Gasteiger partial charge in [0.05, 0.1) is 6.04 Å². The number of likely N-dealkylation sites (N-methyl/N-ethyl adjacent to an activating group) is 1. The highest BCUT2D eigenvalue weighted by molar-refractivity contribution is 5.81. The SMILES string of the molecule is CN(C(=O)C1CCCCO1)C1CN(c2ccc3nncn3n2)C1. The molecule has 23 heavy (non-hydrogen) atoms. The summed E-state index contributed by atoms with van der Waals surface area (Å²) in [6.07, 6.45) is 4.30. The van der Waals surface area contributed by atoms with Crippen LogP contribution >= 0.6 is 0 Å². The average Bonchev–Trinajstić information content (AvgIpc) is 3.01. The number of anilines is 1. The van der Waals surface area contributed by atoms with E-state index in [-0.39, 0.29) is 18.1 Å². The molecule has 1 amide bonds. The smallest absolute Gasteiger partial charge is 0.251 e. The highest BCUT2D eigenvalue weighted by Gasteiger charge is 2.36. The van der Waals surface area contributed by atoms with Gasteiger partial charge in [0.15, 0.2) is 5.65 Å². The highest BCUT2D eigenvalue weighted by atomic mass is 16.5. The lowest BCUT2D eigenvalue weighted by Crippen LogP contribution is -2.61. The monoisotopic (exact) mass is 316 g/mol. The molecule has 2 aromatic heterocycles. The van der Waals surface area contributed by atoms with E-state index in [4.69, 9.17) is 4.74 Å². The van der Waals surface area contributed by atoms with Crippen LogP contribution in [0.15, 0.2) is 18.5 Å². The Morgan fingerprint density at radius 2 is 2.22 bits per heavy atom. The molecule has 1 unspecified atom stereocenters. The molecule has 0 aliphatic carbocycles. The topological polar surface area (TPSA) is 75.9 Å². The first-order valence-electron chi connectivity index (χ1n) is 8.02. The average molecular weight is 316 g/mol. The molecule has 2 fully saturated rings.